The lowest BCUT2D eigenvalue weighted by atomic mass is 10.1. The molecule has 1 rings (SSSR count). The molecule has 1 atom stereocenters. The van der Waals surface area contributed by atoms with Crippen LogP contribution in [0.3, 0.4) is 0 Å². The minimum Gasteiger partial charge on any atom is -0.324 e. The summed E-state index contributed by atoms with van der Waals surface area (Å²) >= 11 is 0. The number of nitrogens with zero attached hydrogens (tertiary/aromatic N) is 1. The molecule has 0 aliphatic rings. The Morgan fingerprint density at radius 1 is 1.58 bits per heavy atom. The molecule has 0 bridgehead atoms. The van der Waals surface area contributed by atoms with Crippen molar-refractivity contribution in [3.05, 3.63) is 35.1 Å². The van der Waals surface area contributed by atoms with Crippen LogP contribution in [-0.2, 0) is 0 Å². The van der Waals surface area contributed by atoms with Crippen LogP contribution in [0.25, 0.3) is 0 Å². The number of halogens is 1. The number of benzene rings is 1. The highest BCUT2D eigenvalue weighted by Crippen LogP contribution is 2.14. The highest BCUT2D eigenvalue weighted by atomic mass is 19.1. The minimum absolute atomic E-state index is 0.0461. The largest absolute Gasteiger partial charge is 0.324 e. The SMILES string of the molecule is CC(N)c1ccc(F)c(C#N)c1. The van der Waals surface area contributed by atoms with Gasteiger partial charge < -0.3 is 5.73 Å². The fraction of sp³-hybridized carbons (Fsp3) is 0.222. The van der Waals surface area contributed by atoms with E-state index in [2.05, 4.69) is 0 Å². The molecule has 0 aliphatic carbocycles. The maximum atomic E-state index is 12.8. The molecule has 1 aromatic rings. The predicted octanol–water partition coefficient (Wildman–Crippen LogP) is 1.72. The molecule has 0 fully saturated rings. The van der Waals surface area contributed by atoms with Gasteiger partial charge in [0.15, 0.2) is 0 Å². The van der Waals surface area contributed by atoms with Crippen LogP contribution in [0.5, 0.6) is 0 Å². The molecule has 0 radical (unpaired) electrons. The number of nitrogens with two attached hydrogens (primary N) is 1. The van der Waals surface area contributed by atoms with Crippen molar-refractivity contribution in [2.75, 3.05) is 0 Å². The van der Waals surface area contributed by atoms with Crippen molar-refractivity contribution in [1.82, 2.24) is 0 Å². The third kappa shape index (κ3) is 1.60. The summed E-state index contributed by atoms with van der Waals surface area (Å²) in [4.78, 5) is 0. The molecule has 12 heavy (non-hydrogen) atoms. The van der Waals surface area contributed by atoms with Crippen LogP contribution >= 0.6 is 0 Å². The molecule has 1 unspecified atom stereocenters. The molecular weight excluding hydrogens is 155 g/mol. The first-order valence-corrected chi connectivity index (χ1v) is 3.60. The molecule has 0 heterocycles. The molecule has 62 valence electrons. The summed E-state index contributed by atoms with van der Waals surface area (Å²) < 4.78 is 12.8. The molecule has 0 saturated heterocycles. The van der Waals surface area contributed by atoms with Gasteiger partial charge in [-0.15, -0.1) is 0 Å². The Labute approximate surface area is 70.4 Å². The Hall–Kier alpha value is -1.40. The van der Waals surface area contributed by atoms with Crippen LogP contribution in [0.15, 0.2) is 18.2 Å². The Balaban J connectivity index is 3.16. The van der Waals surface area contributed by atoms with Crippen LogP contribution < -0.4 is 5.73 Å². The van der Waals surface area contributed by atoms with Gasteiger partial charge in [0.1, 0.15) is 11.9 Å². The van der Waals surface area contributed by atoms with E-state index < -0.39 is 5.82 Å². The van der Waals surface area contributed by atoms with Gasteiger partial charge in [-0.05, 0) is 24.6 Å². The van der Waals surface area contributed by atoms with Gasteiger partial charge in [-0.3, -0.25) is 0 Å². The molecule has 0 amide bonds. The van der Waals surface area contributed by atoms with Gasteiger partial charge in [0.25, 0.3) is 0 Å². The van der Waals surface area contributed by atoms with Gasteiger partial charge in [-0.1, -0.05) is 6.07 Å². The van der Waals surface area contributed by atoms with E-state index in [4.69, 9.17) is 11.0 Å². The van der Waals surface area contributed by atoms with E-state index in [1.54, 1.807) is 19.1 Å². The van der Waals surface area contributed by atoms with Crippen LogP contribution in [0.4, 0.5) is 4.39 Å². The quantitative estimate of drug-likeness (QED) is 0.687. The minimum atomic E-state index is -0.498. The van der Waals surface area contributed by atoms with Gasteiger partial charge in [-0.2, -0.15) is 5.26 Å². The summed E-state index contributed by atoms with van der Waals surface area (Å²) in [6.07, 6.45) is 0. The number of nitriles is 1. The second kappa shape index (κ2) is 3.33. The first-order chi connectivity index (χ1) is 5.65. The lowest BCUT2D eigenvalue weighted by Gasteiger charge is -2.04. The smallest absolute Gasteiger partial charge is 0.140 e. The first kappa shape index (κ1) is 8.69. The molecule has 2 nitrogen and oxygen atoms in total. The Bertz CT molecular complexity index is 326. The van der Waals surface area contributed by atoms with E-state index in [9.17, 15) is 4.39 Å². The van der Waals surface area contributed by atoms with Crippen LogP contribution in [0.2, 0.25) is 0 Å². The van der Waals surface area contributed by atoms with E-state index in [-0.39, 0.29) is 11.6 Å². The van der Waals surface area contributed by atoms with E-state index >= 15 is 0 Å². The zero-order valence-corrected chi connectivity index (χ0v) is 6.71. The topological polar surface area (TPSA) is 49.8 Å². The Morgan fingerprint density at radius 2 is 2.25 bits per heavy atom. The summed E-state index contributed by atoms with van der Waals surface area (Å²) in [5, 5.41) is 8.49. The lowest BCUT2D eigenvalue weighted by Crippen LogP contribution is -2.05. The van der Waals surface area contributed by atoms with Gasteiger partial charge in [0.05, 0.1) is 5.56 Å². The Morgan fingerprint density at radius 3 is 2.75 bits per heavy atom. The Kier molecular flexibility index (Phi) is 2.41. The van der Waals surface area contributed by atoms with Crippen molar-refractivity contribution in [2.24, 2.45) is 5.73 Å². The van der Waals surface area contributed by atoms with E-state index in [0.717, 1.165) is 5.56 Å². The van der Waals surface area contributed by atoms with Gasteiger partial charge >= 0.3 is 0 Å². The third-order valence-electron chi connectivity index (χ3n) is 1.64. The number of hydrogen-bond acceptors (Lipinski definition) is 2. The van der Waals surface area contributed by atoms with Crippen molar-refractivity contribution in [3.63, 3.8) is 0 Å². The van der Waals surface area contributed by atoms with E-state index in [1.165, 1.54) is 12.1 Å². The average molecular weight is 164 g/mol. The summed E-state index contributed by atoms with van der Waals surface area (Å²) in [6, 6.07) is 5.91. The van der Waals surface area contributed by atoms with Crippen LogP contribution in [0, 0.1) is 17.1 Å². The third-order valence-corrected chi connectivity index (χ3v) is 1.64. The molecule has 3 heteroatoms. The standard InChI is InChI=1S/C9H9FN2/c1-6(12)7-2-3-9(10)8(4-7)5-11/h2-4,6H,12H2,1H3. The molecule has 0 aromatic heterocycles. The fourth-order valence-corrected chi connectivity index (χ4v) is 0.912. The summed E-state index contributed by atoms with van der Waals surface area (Å²) in [6.45, 7) is 1.79. The molecular formula is C9H9FN2. The van der Waals surface area contributed by atoms with Gasteiger partial charge in [-0.25, -0.2) is 4.39 Å². The van der Waals surface area contributed by atoms with Crippen molar-refractivity contribution in [3.8, 4) is 6.07 Å². The van der Waals surface area contributed by atoms with Crippen molar-refractivity contribution in [1.29, 1.82) is 5.26 Å². The summed E-state index contributed by atoms with van der Waals surface area (Å²) in [7, 11) is 0. The van der Waals surface area contributed by atoms with Crippen LogP contribution in [0.1, 0.15) is 24.1 Å². The maximum Gasteiger partial charge on any atom is 0.140 e. The normalized spacial score (nSPS) is 12.2. The highest BCUT2D eigenvalue weighted by molar-refractivity contribution is 5.35. The highest BCUT2D eigenvalue weighted by Gasteiger charge is 2.04. The lowest BCUT2D eigenvalue weighted by molar-refractivity contribution is 0.622. The second-order valence-electron chi connectivity index (χ2n) is 2.64. The maximum absolute atomic E-state index is 12.8. The zero-order valence-electron chi connectivity index (χ0n) is 6.71. The van der Waals surface area contributed by atoms with Crippen molar-refractivity contribution in [2.45, 2.75) is 13.0 Å². The molecule has 1 aromatic carbocycles. The first-order valence-electron chi connectivity index (χ1n) is 3.60. The molecule has 2 N–H and O–H groups in total. The van der Waals surface area contributed by atoms with E-state index in [1.807, 2.05) is 0 Å². The molecule has 0 aliphatic heterocycles. The monoisotopic (exact) mass is 164 g/mol. The van der Waals surface area contributed by atoms with Gasteiger partial charge in [0, 0.05) is 6.04 Å². The average Bonchev–Trinajstić information content (AvgIpc) is 2.05. The van der Waals surface area contributed by atoms with Crippen LogP contribution in [-0.4, -0.2) is 0 Å². The summed E-state index contributed by atoms with van der Waals surface area (Å²) in [5.41, 5.74) is 6.37. The van der Waals surface area contributed by atoms with Crippen molar-refractivity contribution >= 4 is 0 Å². The fourth-order valence-electron chi connectivity index (χ4n) is 0.912. The number of rotatable bonds is 1. The predicted molar refractivity (Wildman–Crippen MR) is 43.7 cm³/mol. The molecule has 0 saturated carbocycles. The van der Waals surface area contributed by atoms with Crippen molar-refractivity contribution < 1.29 is 4.39 Å². The van der Waals surface area contributed by atoms with Gasteiger partial charge in [0.2, 0.25) is 0 Å². The summed E-state index contributed by atoms with van der Waals surface area (Å²) in [5.74, 6) is -0.498. The zero-order chi connectivity index (χ0) is 9.14. The second-order valence-corrected chi connectivity index (χ2v) is 2.64. The van der Waals surface area contributed by atoms with E-state index in [0.29, 0.717) is 0 Å². The number of hydrogen-bond donors (Lipinski definition) is 1. The molecule has 0 spiro atoms.